The molecule has 0 unspecified atom stereocenters. The fourth-order valence-electron chi connectivity index (χ4n) is 3.57. The molecule has 7 nitrogen and oxygen atoms in total. The van der Waals surface area contributed by atoms with Crippen molar-refractivity contribution in [1.29, 1.82) is 0 Å². The molecular weight excluding hydrogens is 344 g/mol. The number of methoxy groups -OCH3 is 1. The minimum atomic E-state index is -0.0256. The second-order valence-electron chi connectivity index (χ2n) is 7.24. The van der Waals surface area contributed by atoms with Crippen molar-refractivity contribution < 1.29 is 14.3 Å². The summed E-state index contributed by atoms with van der Waals surface area (Å²) in [6, 6.07) is 5.50. The quantitative estimate of drug-likeness (QED) is 0.897. The van der Waals surface area contributed by atoms with Gasteiger partial charge in [-0.3, -0.25) is 14.7 Å². The summed E-state index contributed by atoms with van der Waals surface area (Å²) in [5.74, 6) is 1.14. The first-order valence-electron chi connectivity index (χ1n) is 9.35. The van der Waals surface area contributed by atoms with E-state index in [0.717, 1.165) is 24.1 Å². The van der Waals surface area contributed by atoms with E-state index in [0.29, 0.717) is 49.0 Å². The van der Waals surface area contributed by atoms with Crippen molar-refractivity contribution in [2.75, 3.05) is 33.3 Å². The highest BCUT2D eigenvalue weighted by Crippen LogP contribution is 2.40. The van der Waals surface area contributed by atoms with Crippen LogP contribution in [-0.4, -0.2) is 65.1 Å². The summed E-state index contributed by atoms with van der Waals surface area (Å²) in [6.45, 7) is 4.06. The number of piperazine rings is 1. The number of amides is 2. The molecule has 1 aromatic carbocycles. The van der Waals surface area contributed by atoms with Crippen LogP contribution in [-0.2, 0) is 0 Å². The first-order valence-corrected chi connectivity index (χ1v) is 9.35. The zero-order valence-corrected chi connectivity index (χ0v) is 15.7. The number of aromatic amines is 1. The Balaban J connectivity index is 1.40. The minimum absolute atomic E-state index is 0.00903. The molecule has 0 spiro atoms. The highest BCUT2D eigenvalue weighted by atomic mass is 16.5. The van der Waals surface area contributed by atoms with E-state index in [-0.39, 0.29) is 11.8 Å². The fourth-order valence-corrected chi connectivity index (χ4v) is 3.57. The molecule has 0 atom stereocenters. The Morgan fingerprint density at radius 3 is 2.41 bits per heavy atom. The number of carbonyl (C=O) groups excluding carboxylic acids is 2. The minimum Gasteiger partial charge on any atom is -0.496 e. The number of carbonyl (C=O) groups is 2. The summed E-state index contributed by atoms with van der Waals surface area (Å²) in [6.07, 6.45) is 3.86. The Bertz CT molecular complexity index is 864. The van der Waals surface area contributed by atoms with E-state index in [1.165, 1.54) is 0 Å². The van der Waals surface area contributed by atoms with Gasteiger partial charge in [0.1, 0.15) is 5.75 Å². The van der Waals surface area contributed by atoms with Gasteiger partial charge in [0.25, 0.3) is 11.8 Å². The molecule has 2 heterocycles. The molecule has 142 valence electrons. The van der Waals surface area contributed by atoms with Crippen LogP contribution in [0.1, 0.15) is 50.7 Å². The van der Waals surface area contributed by atoms with Gasteiger partial charge in [0.15, 0.2) is 0 Å². The first-order chi connectivity index (χ1) is 13.1. The van der Waals surface area contributed by atoms with Gasteiger partial charge in [0, 0.05) is 37.7 Å². The number of hydrogen-bond donors (Lipinski definition) is 1. The SMILES string of the molecule is COc1cc(C(=O)N2CCN(C(=O)c3cn[nH]c3C3CC3)CC2)ccc1C. The lowest BCUT2D eigenvalue weighted by molar-refractivity contribution is 0.0534. The number of aromatic nitrogens is 2. The highest BCUT2D eigenvalue weighted by Gasteiger charge is 2.33. The number of rotatable bonds is 4. The third-order valence-electron chi connectivity index (χ3n) is 5.39. The second-order valence-corrected chi connectivity index (χ2v) is 7.24. The monoisotopic (exact) mass is 368 g/mol. The predicted molar refractivity (Wildman–Crippen MR) is 100 cm³/mol. The number of nitrogens with zero attached hydrogens (tertiary/aromatic N) is 3. The molecule has 27 heavy (non-hydrogen) atoms. The number of aryl methyl sites for hydroxylation is 1. The second kappa shape index (κ2) is 7.06. The van der Waals surface area contributed by atoms with Gasteiger partial charge in [-0.1, -0.05) is 6.07 Å². The summed E-state index contributed by atoms with van der Waals surface area (Å²) < 4.78 is 5.32. The van der Waals surface area contributed by atoms with Crippen LogP contribution < -0.4 is 4.74 Å². The fraction of sp³-hybridized carbons (Fsp3) is 0.450. The maximum absolute atomic E-state index is 12.8. The number of benzene rings is 1. The smallest absolute Gasteiger partial charge is 0.257 e. The zero-order chi connectivity index (χ0) is 19.0. The van der Waals surface area contributed by atoms with Crippen LogP contribution in [0.4, 0.5) is 0 Å². The standard InChI is InChI=1S/C20H24N4O3/c1-13-3-4-15(11-17(13)27-2)19(25)23-7-9-24(10-8-23)20(26)16-12-21-22-18(16)14-5-6-14/h3-4,11-12,14H,5-10H2,1-2H3,(H,21,22). The number of nitrogens with one attached hydrogen (secondary N) is 1. The molecule has 1 saturated carbocycles. The van der Waals surface area contributed by atoms with Crippen molar-refractivity contribution in [2.24, 2.45) is 0 Å². The van der Waals surface area contributed by atoms with Gasteiger partial charge < -0.3 is 14.5 Å². The van der Waals surface area contributed by atoms with Crippen LogP contribution in [0.5, 0.6) is 5.75 Å². The number of hydrogen-bond acceptors (Lipinski definition) is 4. The molecule has 2 fully saturated rings. The zero-order valence-electron chi connectivity index (χ0n) is 15.7. The van der Waals surface area contributed by atoms with Crippen molar-refractivity contribution in [1.82, 2.24) is 20.0 Å². The van der Waals surface area contributed by atoms with Crippen LogP contribution in [0.15, 0.2) is 24.4 Å². The molecule has 2 aromatic rings. The van der Waals surface area contributed by atoms with Crippen molar-refractivity contribution in [3.63, 3.8) is 0 Å². The Morgan fingerprint density at radius 1 is 1.11 bits per heavy atom. The Morgan fingerprint density at radius 2 is 1.78 bits per heavy atom. The molecule has 1 aliphatic carbocycles. The van der Waals surface area contributed by atoms with Gasteiger partial charge in [-0.25, -0.2) is 0 Å². The summed E-state index contributed by atoms with van der Waals surface area (Å²) in [5, 5.41) is 7.03. The molecule has 0 bridgehead atoms. The average Bonchev–Trinajstić information content (AvgIpc) is 3.44. The molecular formula is C20H24N4O3. The van der Waals surface area contributed by atoms with Crippen molar-refractivity contribution in [2.45, 2.75) is 25.7 Å². The third-order valence-corrected chi connectivity index (χ3v) is 5.39. The molecule has 2 amide bonds. The summed E-state index contributed by atoms with van der Waals surface area (Å²) in [7, 11) is 1.60. The maximum Gasteiger partial charge on any atom is 0.257 e. The maximum atomic E-state index is 12.8. The Labute approximate surface area is 158 Å². The summed E-state index contributed by atoms with van der Waals surface area (Å²) in [4.78, 5) is 29.2. The van der Waals surface area contributed by atoms with Gasteiger partial charge in [-0.05, 0) is 37.5 Å². The summed E-state index contributed by atoms with van der Waals surface area (Å²) in [5.41, 5.74) is 3.25. The molecule has 2 aliphatic rings. The van der Waals surface area contributed by atoms with Crippen molar-refractivity contribution in [3.8, 4) is 5.75 Å². The molecule has 1 aliphatic heterocycles. The van der Waals surface area contributed by atoms with Gasteiger partial charge in [0.2, 0.25) is 0 Å². The molecule has 0 radical (unpaired) electrons. The third kappa shape index (κ3) is 3.41. The van der Waals surface area contributed by atoms with Gasteiger partial charge in [0.05, 0.1) is 24.6 Å². The van der Waals surface area contributed by atoms with Crippen molar-refractivity contribution >= 4 is 11.8 Å². The lowest BCUT2D eigenvalue weighted by Gasteiger charge is -2.34. The molecule has 1 saturated heterocycles. The normalized spacial score (nSPS) is 17.1. The van der Waals surface area contributed by atoms with E-state index >= 15 is 0 Å². The van der Waals surface area contributed by atoms with Gasteiger partial charge in [-0.2, -0.15) is 5.10 Å². The Kier molecular flexibility index (Phi) is 4.59. The van der Waals surface area contributed by atoms with Crippen LogP contribution in [0, 0.1) is 6.92 Å². The van der Waals surface area contributed by atoms with E-state index < -0.39 is 0 Å². The van der Waals surface area contributed by atoms with Gasteiger partial charge in [-0.15, -0.1) is 0 Å². The highest BCUT2D eigenvalue weighted by molar-refractivity contribution is 5.96. The van der Waals surface area contributed by atoms with Crippen LogP contribution >= 0.6 is 0 Å². The van der Waals surface area contributed by atoms with E-state index in [1.54, 1.807) is 24.3 Å². The number of H-pyrrole nitrogens is 1. The van der Waals surface area contributed by atoms with Gasteiger partial charge >= 0.3 is 0 Å². The lowest BCUT2D eigenvalue weighted by atomic mass is 10.1. The van der Waals surface area contributed by atoms with E-state index in [2.05, 4.69) is 10.2 Å². The van der Waals surface area contributed by atoms with Crippen molar-refractivity contribution in [3.05, 3.63) is 46.8 Å². The largest absolute Gasteiger partial charge is 0.496 e. The molecule has 1 N–H and O–H groups in total. The lowest BCUT2D eigenvalue weighted by Crippen LogP contribution is -2.50. The molecule has 1 aromatic heterocycles. The Hall–Kier alpha value is -2.83. The predicted octanol–water partition coefficient (Wildman–Crippen LogP) is 2.20. The molecule has 7 heteroatoms. The van der Waals surface area contributed by atoms with Crippen LogP contribution in [0.25, 0.3) is 0 Å². The number of ether oxygens (including phenoxy) is 1. The summed E-state index contributed by atoms with van der Waals surface area (Å²) >= 11 is 0. The van der Waals surface area contributed by atoms with E-state index in [1.807, 2.05) is 24.0 Å². The average molecular weight is 368 g/mol. The van der Waals surface area contributed by atoms with Crippen LogP contribution in [0.2, 0.25) is 0 Å². The van der Waals surface area contributed by atoms with E-state index in [4.69, 9.17) is 4.74 Å². The molecule has 4 rings (SSSR count). The first kappa shape index (κ1) is 17.6. The topological polar surface area (TPSA) is 78.5 Å². The van der Waals surface area contributed by atoms with E-state index in [9.17, 15) is 9.59 Å². The van der Waals surface area contributed by atoms with Crippen LogP contribution in [0.3, 0.4) is 0 Å².